The van der Waals surface area contributed by atoms with Crippen molar-refractivity contribution in [1.82, 2.24) is 40.1 Å². The maximum absolute atomic E-state index is 15.3. The zero-order valence-corrected chi connectivity index (χ0v) is 18.1. The molecule has 1 amide bonds. The molecule has 2 fully saturated rings. The fourth-order valence-electron chi connectivity index (χ4n) is 4.03. The van der Waals surface area contributed by atoms with Crippen molar-refractivity contribution < 1.29 is 9.18 Å². The van der Waals surface area contributed by atoms with Gasteiger partial charge < -0.3 is 9.80 Å². The normalized spacial score (nSPS) is 20.9. The number of alkyl halides is 1. The zero-order chi connectivity index (χ0) is 22.2. The maximum Gasteiger partial charge on any atom is 0.256 e. The molecule has 0 aromatic carbocycles. The number of pyridine rings is 1. The van der Waals surface area contributed by atoms with E-state index in [1.54, 1.807) is 28.9 Å². The van der Waals surface area contributed by atoms with Crippen molar-refractivity contribution in [3.8, 4) is 5.82 Å². The lowest BCUT2D eigenvalue weighted by atomic mass is 10.00. The van der Waals surface area contributed by atoms with Gasteiger partial charge in [-0.25, -0.2) is 19.3 Å². The van der Waals surface area contributed by atoms with Crippen LogP contribution in [0.4, 0.5) is 10.3 Å². The number of piperidine rings is 1. The van der Waals surface area contributed by atoms with Gasteiger partial charge in [0.15, 0.2) is 11.6 Å². The quantitative estimate of drug-likeness (QED) is 0.573. The lowest BCUT2D eigenvalue weighted by molar-refractivity contribution is 0.0486. The lowest BCUT2D eigenvalue weighted by Crippen LogP contribution is -2.55. The summed E-state index contributed by atoms with van der Waals surface area (Å²) in [5.41, 5.74) is 0.419. The number of aromatic nitrogens is 7. The Morgan fingerprint density at radius 1 is 1.16 bits per heavy atom. The molecule has 10 nitrogen and oxygen atoms in total. The fourth-order valence-corrected chi connectivity index (χ4v) is 4.12. The van der Waals surface area contributed by atoms with E-state index >= 15 is 4.39 Å². The summed E-state index contributed by atoms with van der Waals surface area (Å²) >= 11 is 5.85. The molecule has 0 radical (unpaired) electrons. The third-order valence-corrected chi connectivity index (χ3v) is 5.96. The van der Waals surface area contributed by atoms with E-state index in [0.717, 1.165) is 12.8 Å². The molecule has 2 atom stereocenters. The Labute approximate surface area is 188 Å². The molecular weight excluding hydrogens is 437 g/mol. The van der Waals surface area contributed by atoms with Gasteiger partial charge in [-0.2, -0.15) is 4.68 Å². The van der Waals surface area contributed by atoms with Crippen molar-refractivity contribution in [3.63, 3.8) is 0 Å². The van der Waals surface area contributed by atoms with Gasteiger partial charge in [0.1, 0.15) is 6.17 Å². The number of halogens is 2. The van der Waals surface area contributed by atoms with Crippen molar-refractivity contribution in [2.75, 3.05) is 18.0 Å². The van der Waals surface area contributed by atoms with Crippen molar-refractivity contribution in [3.05, 3.63) is 47.1 Å². The molecule has 0 bridgehead atoms. The number of anilines is 1. The lowest BCUT2D eigenvalue weighted by Gasteiger charge is -2.41. The minimum absolute atomic E-state index is 0.0607. The Morgan fingerprint density at radius 2 is 1.94 bits per heavy atom. The minimum Gasteiger partial charge on any atom is -0.338 e. The van der Waals surface area contributed by atoms with E-state index in [4.69, 9.17) is 11.6 Å². The third kappa shape index (κ3) is 3.99. The molecule has 1 aliphatic carbocycles. The molecule has 5 rings (SSSR count). The van der Waals surface area contributed by atoms with Gasteiger partial charge in [0.25, 0.3) is 5.91 Å². The van der Waals surface area contributed by atoms with Crippen molar-refractivity contribution in [1.29, 1.82) is 0 Å². The molecule has 0 spiro atoms. The Balaban J connectivity index is 1.32. The van der Waals surface area contributed by atoms with Crippen LogP contribution in [0, 0.1) is 6.92 Å². The summed E-state index contributed by atoms with van der Waals surface area (Å²) in [6.07, 6.45) is 5.53. The van der Waals surface area contributed by atoms with E-state index in [9.17, 15) is 4.79 Å². The van der Waals surface area contributed by atoms with Crippen molar-refractivity contribution in [2.45, 2.75) is 44.4 Å². The molecule has 12 heteroatoms. The van der Waals surface area contributed by atoms with Gasteiger partial charge in [0.2, 0.25) is 5.95 Å². The first kappa shape index (κ1) is 20.7. The number of amides is 1. The van der Waals surface area contributed by atoms with Crippen LogP contribution in [-0.2, 0) is 0 Å². The number of tetrazole rings is 1. The molecule has 1 saturated carbocycles. The van der Waals surface area contributed by atoms with Gasteiger partial charge >= 0.3 is 0 Å². The second-order valence-electron chi connectivity index (χ2n) is 8.01. The number of carbonyl (C=O) groups excluding carboxylic acids is 1. The number of hydrogen-bond donors (Lipinski definition) is 0. The highest BCUT2D eigenvalue weighted by Gasteiger charge is 2.43. The van der Waals surface area contributed by atoms with Crippen molar-refractivity contribution in [2.24, 2.45) is 0 Å². The van der Waals surface area contributed by atoms with Crippen LogP contribution in [0.5, 0.6) is 0 Å². The zero-order valence-electron chi connectivity index (χ0n) is 17.3. The summed E-state index contributed by atoms with van der Waals surface area (Å²) in [6, 6.07) is 2.94. The molecule has 0 unspecified atom stereocenters. The Kier molecular flexibility index (Phi) is 5.41. The van der Waals surface area contributed by atoms with E-state index in [1.165, 1.54) is 23.3 Å². The molecule has 0 N–H and O–H groups in total. The molecule has 3 aromatic rings. The SMILES string of the molecule is Cc1nnnn1-c1ccc(C(=O)N(C2CC2)[C@@H]2CCN(c3ncc(Cl)cn3)C[C@@H]2F)cn1. The molecule has 166 valence electrons. The average molecular weight is 458 g/mol. The Morgan fingerprint density at radius 3 is 2.53 bits per heavy atom. The maximum atomic E-state index is 15.3. The highest BCUT2D eigenvalue weighted by Crippen LogP contribution is 2.34. The first-order chi connectivity index (χ1) is 15.5. The van der Waals surface area contributed by atoms with Crippen LogP contribution in [0.25, 0.3) is 5.82 Å². The predicted molar refractivity (Wildman–Crippen MR) is 113 cm³/mol. The van der Waals surface area contributed by atoms with Crippen LogP contribution in [0.3, 0.4) is 0 Å². The first-order valence-electron chi connectivity index (χ1n) is 10.4. The molecule has 1 aliphatic heterocycles. The highest BCUT2D eigenvalue weighted by atomic mass is 35.5. The van der Waals surface area contributed by atoms with Crippen LogP contribution in [0.1, 0.15) is 35.4 Å². The molecular formula is C20H21ClFN9O. The van der Waals surface area contributed by atoms with Crippen LogP contribution >= 0.6 is 11.6 Å². The van der Waals surface area contributed by atoms with Gasteiger partial charge in [-0.15, -0.1) is 5.10 Å². The van der Waals surface area contributed by atoms with Crippen LogP contribution in [0.2, 0.25) is 5.02 Å². The Hall–Kier alpha value is -3.21. The van der Waals surface area contributed by atoms with E-state index in [-0.39, 0.29) is 18.5 Å². The van der Waals surface area contributed by atoms with E-state index in [2.05, 4.69) is 30.5 Å². The second-order valence-corrected chi connectivity index (χ2v) is 8.44. The number of carbonyl (C=O) groups is 1. The summed E-state index contributed by atoms with van der Waals surface area (Å²) in [6.45, 7) is 2.44. The summed E-state index contributed by atoms with van der Waals surface area (Å²) < 4.78 is 16.8. The van der Waals surface area contributed by atoms with Gasteiger partial charge in [0.05, 0.1) is 35.6 Å². The molecule has 3 aromatic heterocycles. The predicted octanol–water partition coefficient (Wildman–Crippen LogP) is 2.03. The number of aryl methyl sites for hydroxylation is 1. The van der Waals surface area contributed by atoms with Crippen LogP contribution in [0.15, 0.2) is 30.7 Å². The van der Waals surface area contributed by atoms with Gasteiger partial charge in [0, 0.05) is 18.8 Å². The fraction of sp³-hybridized carbons (Fsp3) is 0.450. The van der Waals surface area contributed by atoms with E-state index in [0.29, 0.717) is 41.1 Å². The topological polar surface area (TPSA) is 106 Å². The molecule has 4 heterocycles. The van der Waals surface area contributed by atoms with E-state index < -0.39 is 12.2 Å². The van der Waals surface area contributed by atoms with Crippen LogP contribution in [-0.4, -0.2) is 77.3 Å². The largest absolute Gasteiger partial charge is 0.338 e. The van der Waals surface area contributed by atoms with E-state index in [1.807, 2.05) is 0 Å². The third-order valence-electron chi connectivity index (χ3n) is 5.77. The highest BCUT2D eigenvalue weighted by molar-refractivity contribution is 6.30. The Bertz CT molecular complexity index is 1100. The molecule has 2 aliphatic rings. The molecule has 32 heavy (non-hydrogen) atoms. The average Bonchev–Trinajstić information content (AvgIpc) is 3.55. The molecule has 1 saturated heterocycles. The smallest absolute Gasteiger partial charge is 0.256 e. The number of rotatable bonds is 5. The van der Waals surface area contributed by atoms with Gasteiger partial charge in [-0.05, 0) is 48.7 Å². The summed E-state index contributed by atoms with van der Waals surface area (Å²) in [5.74, 6) is 1.34. The summed E-state index contributed by atoms with van der Waals surface area (Å²) in [5, 5.41) is 11.8. The standard InChI is InChI=1S/C20H21ClFN9O/c1-12-26-27-28-31(12)18-5-2-13(8-23-18)19(32)30(15-3-4-15)17-6-7-29(11-16(17)22)20-24-9-14(21)10-25-20/h2,5,8-10,15-17H,3-4,6-7,11H2,1H3/t16-,17+/m0/s1. The number of hydrogen-bond acceptors (Lipinski definition) is 8. The monoisotopic (exact) mass is 457 g/mol. The van der Waals surface area contributed by atoms with Crippen molar-refractivity contribution >= 4 is 23.5 Å². The second kappa shape index (κ2) is 8.38. The van der Waals surface area contributed by atoms with Crippen LogP contribution < -0.4 is 4.90 Å². The van der Waals surface area contributed by atoms with Gasteiger partial charge in [-0.1, -0.05) is 11.6 Å². The summed E-state index contributed by atoms with van der Waals surface area (Å²) in [4.78, 5) is 29.5. The number of nitrogens with zero attached hydrogens (tertiary/aromatic N) is 9. The van der Waals surface area contributed by atoms with Gasteiger partial charge in [-0.3, -0.25) is 4.79 Å². The minimum atomic E-state index is -1.22. The first-order valence-corrected chi connectivity index (χ1v) is 10.8. The summed E-state index contributed by atoms with van der Waals surface area (Å²) in [7, 11) is 0.